The van der Waals surface area contributed by atoms with Crippen molar-refractivity contribution in [3.8, 4) is 0 Å². The SMILES string of the molecule is Cc1nc(N2CCC(N3CCCC(c4ccccc4)C3)CC2)nc2cc(S(C)(=O)=O)ccc12. The van der Waals surface area contributed by atoms with Crippen LogP contribution in [0.15, 0.2) is 53.4 Å². The monoisotopic (exact) mass is 464 g/mol. The van der Waals surface area contributed by atoms with E-state index in [2.05, 4.69) is 40.1 Å². The second-order valence-corrected chi connectivity index (χ2v) is 11.5. The lowest BCUT2D eigenvalue weighted by Crippen LogP contribution is -2.48. The van der Waals surface area contributed by atoms with Crippen molar-refractivity contribution in [1.29, 1.82) is 0 Å². The molecule has 3 heterocycles. The third-order valence-electron chi connectivity index (χ3n) is 7.26. The standard InChI is InChI=1S/C26H32N4O2S/c1-19-24-11-10-23(33(2,31)32)17-25(24)28-26(27-19)29-15-12-22(13-16-29)30-14-6-9-21(18-30)20-7-4-3-5-8-20/h3-5,7-8,10-11,17,21-22H,6,9,12-16,18H2,1-2H3. The Morgan fingerprint density at radius 2 is 1.70 bits per heavy atom. The van der Waals surface area contributed by atoms with Crippen LogP contribution in [0.3, 0.4) is 0 Å². The molecule has 33 heavy (non-hydrogen) atoms. The Bertz CT molecular complexity index is 1240. The second-order valence-electron chi connectivity index (χ2n) is 9.52. The number of nitrogens with zero attached hydrogens (tertiary/aromatic N) is 4. The molecular formula is C26H32N4O2S. The van der Waals surface area contributed by atoms with Crippen LogP contribution in [-0.4, -0.2) is 61.8 Å². The summed E-state index contributed by atoms with van der Waals surface area (Å²) in [6.45, 7) is 6.15. The minimum absolute atomic E-state index is 0.302. The van der Waals surface area contributed by atoms with Gasteiger partial charge < -0.3 is 4.90 Å². The van der Waals surface area contributed by atoms with Crippen LogP contribution in [0.25, 0.3) is 10.9 Å². The molecule has 1 unspecified atom stereocenters. The van der Waals surface area contributed by atoms with Crippen LogP contribution in [0.4, 0.5) is 5.95 Å². The van der Waals surface area contributed by atoms with Crippen molar-refractivity contribution < 1.29 is 8.42 Å². The maximum absolute atomic E-state index is 12.0. The molecule has 2 aromatic carbocycles. The number of piperidine rings is 2. The molecule has 7 heteroatoms. The number of rotatable bonds is 4. The number of anilines is 1. The summed E-state index contributed by atoms with van der Waals surface area (Å²) >= 11 is 0. The lowest BCUT2D eigenvalue weighted by atomic mass is 9.89. The summed E-state index contributed by atoms with van der Waals surface area (Å²) < 4.78 is 24.0. The van der Waals surface area contributed by atoms with E-state index in [1.165, 1.54) is 31.2 Å². The van der Waals surface area contributed by atoms with Crippen LogP contribution in [0, 0.1) is 6.92 Å². The van der Waals surface area contributed by atoms with Crippen LogP contribution in [-0.2, 0) is 9.84 Å². The summed E-state index contributed by atoms with van der Waals surface area (Å²) in [7, 11) is -3.27. The highest BCUT2D eigenvalue weighted by Crippen LogP contribution is 2.31. The number of fused-ring (bicyclic) bond motifs is 1. The number of hydrogen-bond donors (Lipinski definition) is 0. The van der Waals surface area contributed by atoms with Crippen LogP contribution < -0.4 is 4.90 Å². The zero-order valence-electron chi connectivity index (χ0n) is 19.4. The van der Waals surface area contributed by atoms with Crippen molar-refractivity contribution in [1.82, 2.24) is 14.9 Å². The van der Waals surface area contributed by atoms with Crippen LogP contribution >= 0.6 is 0 Å². The van der Waals surface area contributed by atoms with Gasteiger partial charge in [0.1, 0.15) is 0 Å². The summed E-state index contributed by atoms with van der Waals surface area (Å²) in [6, 6.07) is 16.7. The quantitative estimate of drug-likeness (QED) is 0.577. The Balaban J connectivity index is 1.29. The highest BCUT2D eigenvalue weighted by atomic mass is 32.2. The predicted octanol–water partition coefficient (Wildman–Crippen LogP) is 4.19. The number of aryl methyl sites for hydroxylation is 1. The Morgan fingerprint density at radius 3 is 2.42 bits per heavy atom. The van der Waals surface area contributed by atoms with E-state index >= 15 is 0 Å². The zero-order valence-corrected chi connectivity index (χ0v) is 20.3. The van der Waals surface area contributed by atoms with Gasteiger partial charge in [-0.3, -0.25) is 4.90 Å². The first-order chi connectivity index (χ1) is 15.9. The number of likely N-dealkylation sites (tertiary alicyclic amines) is 1. The predicted molar refractivity (Wildman–Crippen MR) is 133 cm³/mol. The molecule has 0 radical (unpaired) electrons. The van der Waals surface area contributed by atoms with E-state index < -0.39 is 9.84 Å². The van der Waals surface area contributed by atoms with Gasteiger partial charge in [-0.05, 0) is 68.8 Å². The third-order valence-corrected chi connectivity index (χ3v) is 8.37. The molecule has 0 aliphatic carbocycles. The molecule has 174 valence electrons. The summed E-state index contributed by atoms with van der Waals surface area (Å²) in [6.07, 6.45) is 5.97. The Morgan fingerprint density at radius 1 is 0.939 bits per heavy atom. The van der Waals surface area contributed by atoms with Gasteiger partial charge in [-0.1, -0.05) is 30.3 Å². The molecule has 2 saturated heterocycles. The summed E-state index contributed by atoms with van der Waals surface area (Å²) in [5.74, 6) is 1.35. The van der Waals surface area contributed by atoms with E-state index in [0.717, 1.165) is 43.6 Å². The van der Waals surface area contributed by atoms with E-state index in [4.69, 9.17) is 9.97 Å². The smallest absolute Gasteiger partial charge is 0.226 e. The van der Waals surface area contributed by atoms with Crippen molar-refractivity contribution in [2.24, 2.45) is 0 Å². The molecule has 0 saturated carbocycles. The fourth-order valence-corrected chi connectivity index (χ4v) is 6.03. The lowest BCUT2D eigenvalue weighted by molar-refractivity contribution is 0.128. The van der Waals surface area contributed by atoms with E-state index in [1.54, 1.807) is 12.1 Å². The Labute approximate surface area is 196 Å². The van der Waals surface area contributed by atoms with Gasteiger partial charge in [0.15, 0.2) is 9.84 Å². The molecule has 1 atom stereocenters. The number of hydrogen-bond acceptors (Lipinski definition) is 6. The van der Waals surface area contributed by atoms with Gasteiger partial charge in [-0.15, -0.1) is 0 Å². The molecule has 0 N–H and O–H groups in total. The van der Waals surface area contributed by atoms with Crippen molar-refractivity contribution >= 4 is 26.7 Å². The maximum atomic E-state index is 12.0. The number of benzene rings is 2. The molecule has 1 aromatic heterocycles. The van der Waals surface area contributed by atoms with E-state index in [0.29, 0.717) is 28.3 Å². The highest BCUT2D eigenvalue weighted by molar-refractivity contribution is 7.90. The van der Waals surface area contributed by atoms with Crippen LogP contribution in [0.2, 0.25) is 0 Å². The summed E-state index contributed by atoms with van der Waals surface area (Å²) in [5, 5.41) is 0.904. The fraction of sp³-hybridized carbons (Fsp3) is 0.462. The topological polar surface area (TPSA) is 66.4 Å². The molecule has 5 rings (SSSR count). The minimum atomic E-state index is -3.27. The summed E-state index contributed by atoms with van der Waals surface area (Å²) in [5.41, 5.74) is 3.05. The average Bonchev–Trinajstić information content (AvgIpc) is 2.84. The minimum Gasteiger partial charge on any atom is -0.341 e. The lowest BCUT2D eigenvalue weighted by Gasteiger charge is -2.42. The first-order valence-electron chi connectivity index (χ1n) is 11.9. The molecule has 2 fully saturated rings. The van der Waals surface area contributed by atoms with Gasteiger partial charge in [0.2, 0.25) is 5.95 Å². The number of aromatic nitrogens is 2. The maximum Gasteiger partial charge on any atom is 0.226 e. The van der Waals surface area contributed by atoms with Crippen molar-refractivity contribution in [3.63, 3.8) is 0 Å². The van der Waals surface area contributed by atoms with E-state index in [1.807, 2.05) is 13.0 Å². The molecule has 0 bridgehead atoms. The van der Waals surface area contributed by atoms with Crippen molar-refractivity contribution in [3.05, 3.63) is 59.8 Å². The molecule has 0 amide bonds. The van der Waals surface area contributed by atoms with Crippen molar-refractivity contribution in [2.45, 2.75) is 49.5 Å². The van der Waals surface area contributed by atoms with Crippen LogP contribution in [0.1, 0.15) is 42.9 Å². The largest absolute Gasteiger partial charge is 0.341 e. The third kappa shape index (κ3) is 4.75. The molecule has 0 spiro atoms. The first kappa shape index (κ1) is 22.3. The first-order valence-corrected chi connectivity index (χ1v) is 13.8. The Kier molecular flexibility index (Phi) is 6.10. The van der Waals surface area contributed by atoms with Gasteiger partial charge >= 0.3 is 0 Å². The number of sulfone groups is 1. The fourth-order valence-electron chi connectivity index (χ4n) is 5.39. The normalized spacial score (nSPS) is 20.9. The molecule has 6 nitrogen and oxygen atoms in total. The zero-order chi connectivity index (χ0) is 23.0. The van der Waals surface area contributed by atoms with Gasteiger partial charge in [-0.2, -0.15) is 0 Å². The molecule has 2 aliphatic rings. The van der Waals surface area contributed by atoms with Crippen LogP contribution in [0.5, 0.6) is 0 Å². The van der Waals surface area contributed by atoms with E-state index in [-0.39, 0.29) is 0 Å². The summed E-state index contributed by atoms with van der Waals surface area (Å²) in [4.78, 5) is 14.8. The van der Waals surface area contributed by atoms with Gasteiger partial charge in [0.25, 0.3) is 0 Å². The van der Waals surface area contributed by atoms with E-state index in [9.17, 15) is 8.42 Å². The molecular weight excluding hydrogens is 432 g/mol. The molecule has 2 aliphatic heterocycles. The highest BCUT2D eigenvalue weighted by Gasteiger charge is 2.30. The van der Waals surface area contributed by atoms with Gasteiger partial charge in [-0.25, -0.2) is 18.4 Å². The van der Waals surface area contributed by atoms with Crippen molar-refractivity contribution in [2.75, 3.05) is 37.3 Å². The molecule has 3 aromatic rings. The average molecular weight is 465 g/mol. The van der Waals surface area contributed by atoms with Gasteiger partial charge in [0.05, 0.1) is 16.1 Å². The Hall–Kier alpha value is -2.51. The second kappa shape index (κ2) is 9.03. The van der Waals surface area contributed by atoms with Gasteiger partial charge in [0, 0.05) is 37.3 Å².